The van der Waals surface area contributed by atoms with Gasteiger partial charge in [-0.1, -0.05) is 60.2 Å². The summed E-state index contributed by atoms with van der Waals surface area (Å²) in [6.07, 6.45) is 1.29. The van der Waals surface area contributed by atoms with Gasteiger partial charge >= 0.3 is 0 Å². The zero-order valence-electron chi connectivity index (χ0n) is 23.6. The lowest BCUT2D eigenvalue weighted by atomic mass is 10.0. The van der Waals surface area contributed by atoms with E-state index in [2.05, 4.69) is 5.32 Å². The summed E-state index contributed by atoms with van der Waals surface area (Å²) >= 11 is 0. The van der Waals surface area contributed by atoms with Gasteiger partial charge in [-0.05, 0) is 37.1 Å². The van der Waals surface area contributed by atoms with E-state index < -0.39 is 28.5 Å². The smallest absolute Gasteiger partial charge is 0.244 e. The van der Waals surface area contributed by atoms with E-state index in [9.17, 15) is 18.0 Å². The number of nitrogens with one attached hydrogen (secondary N) is 1. The van der Waals surface area contributed by atoms with E-state index in [0.717, 1.165) is 27.3 Å². The van der Waals surface area contributed by atoms with Crippen LogP contribution in [0.25, 0.3) is 0 Å². The lowest BCUT2D eigenvalue weighted by Gasteiger charge is -2.33. The molecule has 0 fully saturated rings. The van der Waals surface area contributed by atoms with Crippen molar-refractivity contribution in [1.82, 2.24) is 10.2 Å². The second-order valence-corrected chi connectivity index (χ2v) is 11.3. The van der Waals surface area contributed by atoms with Gasteiger partial charge in [-0.25, -0.2) is 8.42 Å². The van der Waals surface area contributed by atoms with Crippen LogP contribution in [-0.2, 0) is 32.6 Å². The van der Waals surface area contributed by atoms with Crippen LogP contribution in [0.2, 0.25) is 0 Å². The fourth-order valence-corrected chi connectivity index (χ4v) is 5.29. The molecule has 3 aromatic carbocycles. The average Bonchev–Trinajstić information content (AvgIpc) is 2.93. The molecule has 3 rings (SSSR count). The number of hydrogen-bond acceptors (Lipinski definition) is 6. The van der Waals surface area contributed by atoms with Gasteiger partial charge in [-0.2, -0.15) is 0 Å². The summed E-state index contributed by atoms with van der Waals surface area (Å²) in [5, 5.41) is 2.85. The lowest BCUT2D eigenvalue weighted by Crippen LogP contribution is -2.53. The standard InChI is InChI=1S/C30H37N3O6S/c1-6-31-30(35)27(18-23-12-8-7-9-13-23)32(20-24-14-10-11-22(2)17-24)29(34)21-33(40(5,36)37)26-16-15-25(38-3)19-28(26)39-4/h7-17,19,27H,6,18,20-21H2,1-5H3,(H,31,35). The fourth-order valence-electron chi connectivity index (χ4n) is 4.44. The first-order chi connectivity index (χ1) is 19.1. The van der Waals surface area contributed by atoms with Gasteiger partial charge in [-0.15, -0.1) is 0 Å². The summed E-state index contributed by atoms with van der Waals surface area (Å²) in [6.45, 7) is 3.73. The van der Waals surface area contributed by atoms with Gasteiger partial charge < -0.3 is 19.7 Å². The number of hydrogen-bond donors (Lipinski definition) is 1. The summed E-state index contributed by atoms with van der Waals surface area (Å²) in [4.78, 5) is 29.0. The molecule has 214 valence electrons. The molecule has 9 nitrogen and oxygen atoms in total. The molecule has 0 aliphatic heterocycles. The van der Waals surface area contributed by atoms with Crippen LogP contribution >= 0.6 is 0 Å². The number of amides is 2. The van der Waals surface area contributed by atoms with E-state index in [4.69, 9.17) is 9.47 Å². The quantitative estimate of drug-likeness (QED) is 0.339. The molecule has 0 aliphatic rings. The maximum atomic E-state index is 14.1. The Balaban J connectivity index is 2.08. The molecule has 1 N–H and O–H groups in total. The third kappa shape index (κ3) is 7.98. The lowest BCUT2D eigenvalue weighted by molar-refractivity contribution is -0.140. The van der Waals surface area contributed by atoms with Crippen molar-refractivity contribution in [2.45, 2.75) is 32.9 Å². The largest absolute Gasteiger partial charge is 0.497 e. The van der Waals surface area contributed by atoms with Crippen LogP contribution in [0, 0.1) is 6.92 Å². The molecule has 0 aromatic heterocycles. The molecule has 10 heteroatoms. The Labute approximate surface area is 236 Å². The minimum Gasteiger partial charge on any atom is -0.497 e. The number of methoxy groups -OCH3 is 2. The highest BCUT2D eigenvalue weighted by atomic mass is 32.2. The molecule has 0 saturated carbocycles. The summed E-state index contributed by atoms with van der Waals surface area (Å²) < 4.78 is 37.7. The number of benzene rings is 3. The van der Waals surface area contributed by atoms with Crippen molar-refractivity contribution in [1.29, 1.82) is 0 Å². The first-order valence-electron chi connectivity index (χ1n) is 12.9. The molecule has 0 radical (unpaired) electrons. The Morgan fingerprint density at radius 2 is 1.62 bits per heavy atom. The molecule has 1 atom stereocenters. The summed E-state index contributed by atoms with van der Waals surface area (Å²) in [6, 6.07) is 20.9. The highest BCUT2D eigenvalue weighted by Crippen LogP contribution is 2.33. The van der Waals surface area contributed by atoms with Crippen molar-refractivity contribution in [3.05, 3.63) is 89.5 Å². The Morgan fingerprint density at radius 3 is 2.23 bits per heavy atom. The van der Waals surface area contributed by atoms with Crippen molar-refractivity contribution in [3.8, 4) is 11.5 Å². The Kier molecular flexibility index (Phi) is 10.6. The monoisotopic (exact) mass is 567 g/mol. The van der Waals surface area contributed by atoms with Gasteiger partial charge in [0.2, 0.25) is 21.8 Å². The molecule has 0 bridgehead atoms. The van der Waals surface area contributed by atoms with Gasteiger partial charge in [0.1, 0.15) is 24.1 Å². The van der Waals surface area contributed by atoms with Crippen LogP contribution in [0.1, 0.15) is 23.6 Å². The second-order valence-electron chi connectivity index (χ2n) is 9.42. The highest BCUT2D eigenvalue weighted by molar-refractivity contribution is 7.92. The predicted octanol–water partition coefficient (Wildman–Crippen LogP) is 3.55. The highest BCUT2D eigenvalue weighted by Gasteiger charge is 2.33. The first kappa shape index (κ1) is 30.5. The van der Waals surface area contributed by atoms with Crippen molar-refractivity contribution in [2.75, 3.05) is 37.9 Å². The van der Waals surface area contributed by atoms with Crippen LogP contribution in [-0.4, -0.2) is 64.7 Å². The van der Waals surface area contributed by atoms with Crippen LogP contribution in [0.5, 0.6) is 11.5 Å². The van der Waals surface area contributed by atoms with E-state index in [1.807, 2.05) is 68.4 Å². The average molecular weight is 568 g/mol. The number of ether oxygens (including phenoxy) is 2. The number of likely N-dealkylation sites (N-methyl/N-ethyl adjacent to an activating group) is 1. The summed E-state index contributed by atoms with van der Waals surface area (Å²) in [7, 11) is -1.03. The predicted molar refractivity (Wildman–Crippen MR) is 156 cm³/mol. The zero-order chi connectivity index (χ0) is 29.3. The minimum atomic E-state index is -3.93. The minimum absolute atomic E-state index is 0.118. The van der Waals surface area contributed by atoms with E-state index in [0.29, 0.717) is 12.3 Å². The molecule has 0 saturated heterocycles. The third-order valence-corrected chi connectivity index (χ3v) is 7.52. The van der Waals surface area contributed by atoms with Crippen LogP contribution in [0.15, 0.2) is 72.8 Å². The number of anilines is 1. The maximum Gasteiger partial charge on any atom is 0.244 e. The van der Waals surface area contributed by atoms with E-state index in [-0.39, 0.29) is 30.3 Å². The molecular formula is C30H37N3O6S. The molecule has 0 heterocycles. The van der Waals surface area contributed by atoms with Gasteiger partial charge in [0.15, 0.2) is 0 Å². The molecule has 2 amide bonds. The van der Waals surface area contributed by atoms with Gasteiger partial charge in [0, 0.05) is 25.6 Å². The number of carbonyl (C=O) groups is 2. The SMILES string of the molecule is CCNC(=O)C(Cc1ccccc1)N(Cc1cccc(C)c1)C(=O)CN(c1ccc(OC)cc1OC)S(C)(=O)=O. The maximum absolute atomic E-state index is 14.1. The summed E-state index contributed by atoms with van der Waals surface area (Å²) in [5.74, 6) is -0.148. The Hall–Kier alpha value is -4.05. The van der Waals surface area contributed by atoms with E-state index in [1.165, 1.54) is 25.2 Å². The Morgan fingerprint density at radius 1 is 0.925 bits per heavy atom. The van der Waals surface area contributed by atoms with Crippen molar-refractivity contribution < 1.29 is 27.5 Å². The van der Waals surface area contributed by atoms with Gasteiger partial charge in [-0.3, -0.25) is 13.9 Å². The zero-order valence-corrected chi connectivity index (χ0v) is 24.4. The van der Waals surface area contributed by atoms with Crippen molar-refractivity contribution in [3.63, 3.8) is 0 Å². The number of rotatable bonds is 13. The molecule has 0 spiro atoms. The summed E-state index contributed by atoms with van der Waals surface area (Å²) in [5.41, 5.74) is 2.89. The fraction of sp³-hybridized carbons (Fsp3) is 0.333. The third-order valence-electron chi connectivity index (χ3n) is 6.39. The topological polar surface area (TPSA) is 105 Å². The number of carbonyl (C=O) groups excluding carboxylic acids is 2. The number of aryl methyl sites for hydroxylation is 1. The van der Waals surface area contributed by atoms with Crippen LogP contribution in [0.3, 0.4) is 0 Å². The van der Waals surface area contributed by atoms with E-state index in [1.54, 1.807) is 12.1 Å². The first-order valence-corrected chi connectivity index (χ1v) is 14.8. The van der Waals surface area contributed by atoms with Gasteiger partial charge in [0.05, 0.1) is 26.2 Å². The molecule has 40 heavy (non-hydrogen) atoms. The van der Waals surface area contributed by atoms with E-state index >= 15 is 0 Å². The molecule has 3 aromatic rings. The van der Waals surface area contributed by atoms with Crippen LogP contribution in [0.4, 0.5) is 5.69 Å². The molecular weight excluding hydrogens is 530 g/mol. The Bertz CT molecular complexity index is 1410. The molecule has 1 unspecified atom stereocenters. The number of nitrogens with zero attached hydrogens (tertiary/aromatic N) is 2. The van der Waals surface area contributed by atoms with Crippen molar-refractivity contribution in [2.24, 2.45) is 0 Å². The van der Waals surface area contributed by atoms with Crippen LogP contribution < -0.4 is 19.1 Å². The van der Waals surface area contributed by atoms with Crippen molar-refractivity contribution >= 4 is 27.5 Å². The van der Waals surface area contributed by atoms with Gasteiger partial charge in [0.25, 0.3) is 0 Å². The second kappa shape index (κ2) is 13.8. The number of sulfonamides is 1. The molecule has 0 aliphatic carbocycles. The normalized spacial score (nSPS) is 11.8.